The fourth-order valence-corrected chi connectivity index (χ4v) is 5.56. The Labute approximate surface area is 208 Å². The van der Waals surface area contributed by atoms with Gasteiger partial charge in [-0.1, -0.05) is 45.0 Å². The van der Waals surface area contributed by atoms with Crippen LogP contribution in [-0.4, -0.2) is 35.2 Å². The molecule has 35 heavy (non-hydrogen) atoms. The summed E-state index contributed by atoms with van der Waals surface area (Å²) in [5, 5.41) is 21.4. The molecule has 1 spiro atoms. The maximum Gasteiger partial charge on any atom is 0.217 e. The van der Waals surface area contributed by atoms with Gasteiger partial charge in [-0.2, -0.15) is 0 Å². The molecule has 1 amide bonds. The number of hydrogen-bond acceptors (Lipinski definition) is 4. The van der Waals surface area contributed by atoms with Crippen molar-refractivity contribution in [3.05, 3.63) is 65.0 Å². The monoisotopic (exact) mass is 481 g/mol. The molecule has 1 aliphatic heterocycles. The molecule has 1 heterocycles. The van der Waals surface area contributed by atoms with Crippen LogP contribution in [0.1, 0.15) is 76.1 Å². The van der Waals surface area contributed by atoms with E-state index in [1.807, 2.05) is 6.07 Å². The van der Waals surface area contributed by atoms with Gasteiger partial charge in [0.1, 0.15) is 5.82 Å². The van der Waals surface area contributed by atoms with E-state index >= 15 is 0 Å². The van der Waals surface area contributed by atoms with Crippen LogP contribution in [0.3, 0.4) is 0 Å². The van der Waals surface area contributed by atoms with E-state index in [4.69, 9.17) is 0 Å². The molecule has 1 fully saturated rings. The largest absolute Gasteiger partial charge is 0.390 e. The van der Waals surface area contributed by atoms with Gasteiger partial charge in [0, 0.05) is 30.7 Å². The van der Waals surface area contributed by atoms with E-state index in [0.717, 1.165) is 31.2 Å². The average molecular weight is 482 g/mol. The van der Waals surface area contributed by atoms with Gasteiger partial charge in [0.05, 0.1) is 12.1 Å². The highest BCUT2D eigenvalue weighted by Gasteiger charge is 2.43. The number of rotatable bonds is 8. The smallest absolute Gasteiger partial charge is 0.217 e. The van der Waals surface area contributed by atoms with Crippen molar-refractivity contribution >= 4 is 11.6 Å². The lowest BCUT2D eigenvalue weighted by atomic mass is 9.69. The normalized spacial score (nSPS) is 20.3. The first-order valence-corrected chi connectivity index (χ1v) is 12.9. The zero-order valence-electron chi connectivity index (χ0n) is 21.5. The zero-order valence-corrected chi connectivity index (χ0v) is 21.5. The fourth-order valence-electron chi connectivity index (χ4n) is 5.56. The molecule has 0 saturated heterocycles. The maximum absolute atomic E-state index is 13.7. The standard InChI is InChI=1S/C29H40FN3O2/c1-19(34)32-25(15-20-7-5-8-22(30)13-20)27(35)18-31-26-17-29(11-6-12-29)33-24-10-9-21(14-23(24)26)16-28(2,3)4/h5,7-10,13-14,25-27,31,33,35H,6,11-12,15-18H2,1-4H3,(H,32,34)/t25-,26?,27-/m0/s1. The molecule has 3 atom stereocenters. The second-order valence-electron chi connectivity index (χ2n) is 11.8. The number of halogens is 1. The Hall–Kier alpha value is -2.44. The third kappa shape index (κ3) is 6.62. The van der Waals surface area contributed by atoms with Crippen molar-refractivity contribution in [2.45, 2.75) is 89.9 Å². The summed E-state index contributed by atoms with van der Waals surface area (Å²) in [7, 11) is 0. The Morgan fingerprint density at radius 1 is 1.20 bits per heavy atom. The molecule has 6 heteroatoms. The van der Waals surface area contributed by atoms with Crippen molar-refractivity contribution in [1.29, 1.82) is 0 Å². The topological polar surface area (TPSA) is 73.4 Å². The van der Waals surface area contributed by atoms with E-state index < -0.39 is 12.1 Å². The molecule has 4 N–H and O–H groups in total. The first-order chi connectivity index (χ1) is 16.5. The first kappa shape index (κ1) is 25.6. The number of carbonyl (C=O) groups is 1. The van der Waals surface area contributed by atoms with Gasteiger partial charge >= 0.3 is 0 Å². The molecule has 4 rings (SSSR count). The Kier molecular flexibility index (Phi) is 7.53. The van der Waals surface area contributed by atoms with Crippen LogP contribution >= 0.6 is 0 Å². The minimum absolute atomic E-state index is 0.119. The molecule has 1 unspecified atom stereocenters. The van der Waals surface area contributed by atoms with Crippen LogP contribution in [0.5, 0.6) is 0 Å². The molecule has 0 aromatic heterocycles. The van der Waals surface area contributed by atoms with Crippen LogP contribution in [0.15, 0.2) is 42.5 Å². The summed E-state index contributed by atoms with van der Waals surface area (Å²) in [4.78, 5) is 11.8. The molecular formula is C29H40FN3O2. The van der Waals surface area contributed by atoms with Crippen molar-refractivity contribution in [3.63, 3.8) is 0 Å². The highest BCUT2D eigenvalue weighted by atomic mass is 19.1. The van der Waals surface area contributed by atoms with E-state index in [1.165, 1.54) is 42.3 Å². The SMILES string of the molecule is CC(=O)N[C@@H](Cc1cccc(F)c1)[C@@H](O)CNC1CC2(CCC2)Nc2ccc(CC(C)(C)C)cc21. The molecule has 2 aromatic rings. The molecular weight excluding hydrogens is 441 g/mol. The molecule has 1 aliphatic carbocycles. The van der Waals surface area contributed by atoms with E-state index in [0.29, 0.717) is 13.0 Å². The van der Waals surface area contributed by atoms with Crippen molar-refractivity contribution in [2.75, 3.05) is 11.9 Å². The van der Waals surface area contributed by atoms with Crippen molar-refractivity contribution in [2.24, 2.45) is 5.41 Å². The Balaban J connectivity index is 1.50. The summed E-state index contributed by atoms with van der Waals surface area (Å²) in [6.07, 6.45) is 5.08. The molecule has 0 bridgehead atoms. The quantitative estimate of drug-likeness (QED) is 0.433. The zero-order chi connectivity index (χ0) is 25.2. The van der Waals surface area contributed by atoms with Gasteiger partial charge in [-0.15, -0.1) is 0 Å². The lowest BCUT2D eigenvalue weighted by molar-refractivity contribution is -0.120. The van der Waals surface area contributed by atoms with E-state index in [2.05, 4.69) is 54.9 Å². The number of anilines is 1. The molecule has 1 saturated carbocycles. The molecule has 2 aromatic carbocycles. The van der Waals surface area contributed by atoms with Crippen molar-refractivity contribution in [3.8, 4) is 0 Å². The van der Waals surface area contributed by atoms with Crippen LogP contribution in [0, 0.1) is 11.2 Å². The van der Waals surface area contributed by atoms with Gasteiger partial charge < -0.3 is 21.1 Å². The Bertz CT molecular complexity index is 1040. The average Bonchev–Trinajstić information content (AvgIpc) is 2.74. The summed E-state index contributed by atoms with van der Waals surface area (Å²) >= 11 is 0. The van der Waals surface area contributed by atoms with Gasteiger partial charge in [-0.05, 0) is 78.8 Å². The number of fused-ring (bicyclic) bond motifs is 1. The third-order valence-electron chi connectivity index (χ3n) is 7.30. The van der Waals surface area contributed by atoms with Crippen LogP contribution in [0.2, 0.25) is 0 Å². The fraction of sp³-hybridized carbons (Fsp3) is 0.552. The molecule has 190 valence electrons. The van der Waals surface area contributed by atoms with Gasteiger partial charge in [-0.25, -0.2) is 4.39 Å². The predicted molar refractivity (Wildman–Crippen MR) is 139 cm³/mol. The van der Waals surface area contributed by atoms with E-state index in [-0.39, 0.29) is 28.7 Å². The second-order valence-corrected chi connectivity index (χ2v) is 11.8. The summed E-state index contributed by atoms with van der Waals surface area (Å²) in [6.45, 7) is 8.53. The lowest BCUT2D eigenvalue weighted by Gasteiger charge is -2.50. The number of hydrogen-bond donors (Lipinski definition) is 4. The summed E-state index contributed by atoms with van der Waals surface area (Å²) in [5.41, 5.74) is 4.82. The summed E-state index contributed by atoms with van der Waals surface area (Å²) < 4.78 is 13.7. The summed E-state index contributed by atoms with van der Waals surface area (Å²) in [6, 6.07) is 12.7. The van der Waals surface area contributed by atoms with Gasteiger partial charge in [0.2, 0.25) is 5.91 Å². The van der Waals surface area contributed by atoms with Crippen LogP contribution in [0.25, 0.3) is 0 Å². The minimum atomic E-state index is -0.810. The van der Waals surface area contributed by atoms with Gasteiger partial charge in [0.25, 0.3) is 0 Å². The number of nitrogens with one attached hydrogen (secondary N) is 3. The maximum atomic E-state index is 13.7. The second kappa shape index (κ2) is 10.3. The predicted octanol–water partition coefficient (Wildman–Crippen LogP) is 4.89. The van der Waals surface area contributed by atoms with Crippen molar-refractivity contribution in [1.82, 2.24) is 10.6 Å². The Morgan fingerprint density at radius 3 is 2.60 bits per heavy atom. The third-order valence-corrected chi connectivity index (χ3v) is 7.30. The minimum Gasteiger partial charge on any atom is -0.390 e. The number of carbonyl (C=O) groups excluding carboxylic acids is 1. The van der Waals surface area contributed by atoms with Crippen LogP contribution in [-0.2, 0) is 17.6 Å². The number of aliphatic hydroxyl groups excluding tert-OH is 1. The van der Waals surface area contributed by atoms with Gasteiger partial charge in [-0.3, -0.25) is 4.79 Å². The first-order valence-electron chi connectivity index (χ1n) is 12.9. The number of benzene rings is 2. The van der Waals surface area contributed by atoms with E-state index in [9.17, 15) is 14.3 Å². The molecule has 5 nitrogen and oxygen atoms in total. The highest BCUT2D eigenvalue weighted by Crippen LogP contribution is 2.47. The number of aliphatic hydroxyl groups is 1. The molecule has 2 aliphatic rings. The van der Waals surface area contributed by atoms with Crippen LogP contribution < -0.4 is 16.0 Å². The van der Waals surface area contributed by atoms with Crippen molar-refractivity contribution < 1.29 is 14.3 Å². The Morgan fingerprint density at radius 2 is 1.97 bits per heavy atom. The van der Waals surface area contributed by atoms with E-state index in [1.54, 1.807) is 6.07 Å². The lowest BCUT2D eigenvalue weighted by Crippen LogP contribution is -2.53. The van der Waals surface area contributed by atoms with Gasteiger partial charge in [0.15, 0.2) is 0 Å². The van der Waals surface area contributed by atoms with Crippen LogP contribution in [0.4, 0.5) is 10.1 Å². The summed E-state index contributed by atoms with van der Waals surface area (Å²) in [5.74, 6) is -0.530. The number of amides is 1. The highest BCUT2D eigenvalue weighted by molar-refractivity contribution is 5.73. The molecule has 0 radical (unpaired) electrons.